The number of benzene rings is 1. The molecule has 0 saturated carbocycles. The maximum atomic E-state index is 12.2. The smallest absolute Gasteiger partial charge is 0.252 e. The standard InChI is InChI=1S/C17H22N2O2/c1-11-5-6-13-8-14(17(20)19-16(13)12(11)2)9-18-10-15-4-3-7-21-15/h5-6,8,15,18H,3-4,7,9-10H2,1-2H3,(H,19,20). The van der Waals surface area contributed by atoms with Crippen LogP contribution in [0.2, 0.25) is 0 Å². The number of ether oxygens (including phenoxy) is 1. The number of fused-ring (bicyclic) bond motifs is 1. The molecule has 1 saturated heterocycles. The number of hydrogen-bond donors (Lipinski definition) is 2. The summed E-state index contributed by atoms with van der Waals surface area (Å²) in [6.45, 7) is 6.36. The molecule has 1 fully saturated rings. The fourth-order valence-corrected chi connectivity index (χ4v) is 2.87. The molecule has 1 aromatic carbocycles. The Morgan fingerprint density at radius 3 is 3.00 bits per heavy atom. The Morgan fingerprint density at radius 2 is 2.24 bits per heavy atom. The van der Waals surface area contributed by atoms with Crippen LogP contribution < -0.4 is 10.9 Å². The second-order valence-electron chi connectivity index (χ2n) is 5.86. The van der Waals surface area contributed by atoms with Crippen molar-refractivity contribution < 1.29 is 4.74 Å². The lowest BCUT2D eigenvalue weighted by Crippen LogP contribution is -2.28. The maximum absolute atomic E-state index is 12.2. The molecule has 1 unspecified atom stereocenters. The Kier molecular flexibility index (Phi) is 4.08. The molecular formula is C17H22N2O2. The van der Waals surface area contributed by atoms with Crippen LogP contribution in [0, 0.1) is 13.8 Å². The molecule has 0 bridgehead atoms. The van der Waals surface area contributed by atoms with Crippen molar-refractivity contribution in [1.29, 1.82) is 0 Å². The van der Waals surface area contributed by atoms with Crippen molar-refractivity contribution >= 4 is 10.9 Å². The van der Waals surface area contributed by atoms with E-state index in [1.165, 1.54) is 5.56 Å². The Morgan fingerprint density at radius 1 is 1.38 bits per heavy atom. The number of H-pyrrole nitrogens is 1. The molecule has 2 aromatic rings. The molecule has 2 N–H and O–H groups in total. The first-order valence-corrected chi connectivity index (χ1v) is 7.59. The Bertz CT molecular complexity index is 700. The predicted octanol–water partition coefficient (Wildman–Crippen LogP) is 2.41. The molecule has 1 atom stereocenters. The highest BCUT2D eigenvalue weighted by Gasteiger charge is 2.15. The lowest BCUT2D eigenvalue weighted by Gasteiger charge is -2.11. The van der Waals surface area contributed by atoms with Gasteiger partial charge in [0.25, 0.3) is 5.56 Å². The average molecular weight is 286 g/mol. The molecule has 1 aromatic heterocycles. The quantitative estimate of drug-likeness (QED) is 0.907. The number of pyridine rings is 1. The molecule has 0 radical (unpaired) electrons. The fourth-order valence-electron chi connectivity index (χ4n) is 2.87. The zero-order valence-corrected chi connectivity index (χ0v) is 12.7. The van der Waals surface area contributed by atoms with Crippen molar-refractivity contribution in [2.24, 2.45) is 0 Å². The molecular weight excluding hydrogens is 264 g/mol. The Labute approximate surface area is 124 Å². The third-order valence-electron chi connectivity index (χ3n) is 4.34. The third-order valence-corrected chi connectivity index (χ3v) is 4.34. The molecule has 112 valence electrons. The summed E-state index contributed by atoms with van der Waals surface area (Å²) in [4.78, 5) is 15.2. The third kappa shape index (κ3) is 3.01. The number of rotatable bonds is 4. The van der Waals surface area contributed by atoms with Crippen molar-refractivity contribution in [3.63, 3.8) is 0 Å². The first kappa shape index (κ1) is 14.3. The fraction of sp³-hybridized carbons (Fsp3) is 0.471. The van der Waals surface area contributed by atoms with Gasteiger partial charge in [0.2, 0.25) is 0 Å². The van der Waals surface area contributed by atoms with Crippen LogP contribution in [-0.2, 0) is 11.3 Å². The molecule has 3 rings (SSSR count). The lowest BCUT2D eigenvalue weighted by molar-refractivity contribution is 0.110. The van der Waals surface area contributed by atoms with Gasteiger partial charge in [-0.15, -0.1) is 0 Å². The number of hydrogen-bond acceptors (Lipinski definition) is 3. The molecule has 21 heavy (non-hydrogen) atoms. The minimum Gasteiger partial charge on any atom is -0.377 e. The number of aromatic amines is 1. The van der Waals surface area contributed by atoms with Crippen LogP contribution in [-0.4, -0.2) is 24.2 Å². The highest BCUT2D eigenvalue weighted by Crippen LogP contribution is 2.18. The summed E-state index contributed by atoms with van der Waals surface area (Å²) in [7, 11) is 0. The molecule has 0 amide bonds. The summed E-state index contributed by atoms with van der Waals surface area (Å²) >= 11 is 0. The summed E-state index contributed by atoms with van der Waals surface area (Å²) in [5.41, 5.74) is 4.06. The van der Waals surface area contributed by atoms with Gasteiger partial charge in [0.15, 0.2) is 0 Å². The van der Waals surface area contributed by atoms with E-state index in [2.05, 4.69) is 29.4 Å². The minimum absolute atomic E-state index is 0.00367. The van der Waals surface area contributed by atoms with Gasteiger partial charge < -0.3 is 15.0 Å². The van der Waals surface area contributed by atoms with E-state index in [0.717, 1.165) is 48.0 Å². The van der Waals surface area contributed by atoms with Crippen molar-refractivity contribution in [1.82, 2.24) is 10.3 Å². The highest BCUT2D eigenvalue weighted by atomic mass is 16.5. The van der Waals surface area contributed by atoms with E-state index in [1.54, 1.807) is 0 Å². The van der Waals surface area contributed by atoms with Gasteiger partial charge in [-0.2, -0.15) is 0 Å². The molecule has 1 aliphatic rings. The molecule has 0 spiro atoms. The first-order valence-electron chi connectivity index (χ1n) is 7.59. The van der Waals surface area contributed by atoms with Gasteiger partial charge >= 0.3 is 0 Å². The van der Waals surface area contributed by atoms with Gasteiger partial charge in [0, 0.05) is 25.3 Å². The lowest BCUT2D eigenvalue weighted by atomic mass is 10.0. The summed E-state index contributed by atoms with van der Waals surface area (Å²) in [6, 6.07) is 6.15. The van der Waals surface area contributed by atoms with Crippen LogP contribution in [0.25, 0.3) is 10.9 Å². The van der Waals surface area contributed by atoms with Crippen molar-refractivity contribution in [2.45, 2.75) is 39.3 Å². The van der Waals surface area contributed by atoms with Crippen LogP contribution >= 0.6 is 0 Å². The van der Waals surface area contributed by atoms with Crippen LogP contribution in [0.5, 0.6) is 0 Å². The van der Waals surface area contributed by atoms with Crippen LogP contribution in [0.1, 0.15) is 29.5 Å². The highest BCUT2D eigenvalue weighted by molar-refractivity contribution is 5.83. The van der Waals surface area contributed by atoms with Crippen LogP contribution in [0.15, 0.2) is 23.0 Å². The van der Waals surface area contributed by atoms with Gasteiger partial charge in [0.1, 0.15) is 0 Å². The summed E-state index contributed by atoms with van der Waals surface area (Å²) in [6.07, 6.45) is 2.55. The zero-order chi connectivity index (χ0) is 14.8. The monoisotopic (exact) mass is 286 g/mol. The molecule has 4 heteroatoms. The molecule has 1 aliphatic heterocycles. The molecule has 4 nitrogen and oxygen atoms in total. The number of nitrogens with one attached hydrogen (secondary N) is 2. The Hall–Kier alpha value is -1.65. The van der Waals surface area contributed by atoms with E-state index in [-0.39, 0.29) is 5.56 Å². The van der Waals surface area contributed by atoms with Crippen molar-refractivity contribution in [2.75, 3.05) is 13.2 Å². The second kappa shape index (κ2) is 6.00. The van der Waals surface area contributed by atoms with E-state index >= 15 is 0 Å². The second-order valence-corrected chi connectivity index (χ2v) is 5.86. The van der Waals surface area contributed by atoms with Gasteiger partial charge in [-0.1, -0.05) is 12.1 Å². The van der Waals surface area contributed by atoms with E-state index in [0.29, 0.717) is 12.6 Å². The SMILES string of the molecule is Cc1ccc2cc(CNCC3CCCO3)c(=O)[nH]c2c1C. The van der Waals surface area contributed by atoms with Gasteiger partial charge in [-0.3, -0.25) is 4.79 Å². The predicted molar refractivity (Wildman–Crippen MR) is 84.7 cm³/mol. The van der Waals surface area contributed by atoms with Gasteiger partial charge in [-0.05, 0) is 49.3 Å². The van der Waals surface area contributed by atoms with Gasteiger partial charge in [-0.25, -0.2) is 0 Å². The van der Waals surface area contributed by atoms with Crippen LogP contribution in [0.3, 0.4) is 0 Å². The molecule has 0 aliphatic carbocycles. The van der Waals surface area contributed by atoms with E-state index in [4.69, 9.17) is 4.74 Å². The first-order chi connectivity index (χ1) is 10.1. The van der Waals surface area contributed by atoms with Crippen molar-refractivity contribution in [3.8, 4) is 0 Å². The van der Waals surface area contributed by atoms with E-state index in [9.17, 15) is 4.79 Å². The molecule has 2 heterocycles. The summed E-state index contributed by atoms with van der Waals surface area (Å²) < 4.78 is 5.57. The summed E-state index contributed by atoms with van der Waals surface area (Å²) in [5, 5.41) is 4.42. The normalized spacial score (nSPS) is 18.5. The van der Waals surface area contributed by atoms with Crippen molar-refractivity contribution in [3.05, 3.63) is 45.2 Å². The Balaban J connectivity index is 1.77. The number of aromatic nitrogens is 1. The average Bonchev–Trinajstić information content (AvgIpc) is 2.98. The van der Waals surface area contributed by atoms with E-state index < -0.39 is 0 Å². The number of aryl methyl sites for hydroxylation is 2. The van der Waals surface area contributed by atoms with Crippen LogP contribution in [0.4, 0.5) is 0 Å². The summed E-state index contributed by atoms with van der Waals surface area (Å²) in [5.74, 6) is 0. The van der Waals surface area contributed by atoms with E-state index in [1.807, 2.05) is 13.0 Å². The largest absolute Gasteiger partial charge is 0.377 e. The topological polar surface area (TPSA) is 54.1 Å². The minimum atomic E-state index is -0.00367. The van der Waals surface area contributed by atoms with Gasteiger partial charge in [0.05, 0.1) is 11.6 Å². The zero-order valence-electron chi connectivity index (χ0n) is 12.7. The maximum Gasteiger partial charge on any atom is 0.252 e.